The van der Waals surface area contributed by atoms with Crippen molar-refractivity contribution in [1.29, 1.82) is 0 Å². The molecule has 0 aromatic rings. The molecule has 184 valence electrons. The molecule has 0 aliphatic heterocycles. The first-order valence-corrected chi connectivity index (χ1v) is 13.0. The number of aliphatic carboxylic acids is 1. The number of aliphatic hydroxyl groups is 1. The van der Waals surface area contributed by atoms with Gasteiger partial charge in [-0.3, -0.25) is 4.79 Å². The normalized spacial score (nSPS) is 14.2. The van der Waals surface area contributed by atoms with Crippen LogP contribution in [-0.2, 0) is 9.59 Å². The molecule has 5 nitrogen and oxygen atoms in total. The Morgan fingerprint density at radius 3 is 1.61 bits per heavy atom. The molecule has 0 saturated heterocycles. The van der Waals surface area contributed by atoms with Crippen molar-refractivity contribution in [2.45, 2.75) is 142 Å². The van der Waals surface area contributed by atoms with E-state index in [0.717, 1.165) is 12.8 Å². The van der Waals surface area contributed by atoms with E-state index >= 15 is 0 Å². The number of unbranched alkanes of at least 4 members (excludes halogenated alkanes) is 14. The third kappa shape index (κ3) is 17.2. The molecular formula is C26H51NO4. The topological polar surface area (TPSA) is 86.6 Å². The van der Waals surface area contributed by atoms with Crippen LogP contribution < -0.4 is 5.32 Å². The molecule has 0 bridgehead atoms. The van der Waals surface area contributed by atoms with Gasteiger partial charge in [0, 0.05) is 13.0 Å². The fourth-order valence-electron chi connectivity index (χ4n) is 3.87. The van der Waals surface area contributed by atoms with Gasteiger partial charge < -0.3 is 15.5 Å². The molecule has 0 saturated carbocycles. The van der Waals surface area contributed by atoms with E-state index in [4.69, 9.17) is 5.11 Å². The fourth-order valence-corrected chi connectivity index (χ4v) is 3.87. The van der Waals surface area contributed by atoms with E-state index < -0.39 is 11.6 Å². The molecule has 0 aromatic heterocycles. The molecule has 3 N–H and O–H groups in total. The Kier molecular flexibility index (Phi) is 18.9. The summed E-state index contributed by atoms with van der Waals surface area (Å²) in [5.41, 5.74) is -1.71. The minimum atomic E-state index is -1.71. The Hall–Kier alpha value is -1.10. The smallest absolute Gasteiger partial charge is 0.335 e. The van der Waals surface area contributed by atoms with Crippen molar-refractivity contribution in [3.8, 4) is 0 Å². The number of nitrogens with one attached hydrogen (secondary N) is 1. The van der Waals surface area contributed by atoms with E-state index in [1.54, 1.807) is 6.92 Å². The van der Waals surface area contributed by atoms with Crippen LogP contribution in [0.3, 0.4) is 0 Å². The first kappa shape index (κ1) is 29.9. The molecule has 2 atom stereocenters. The van der Waals surface area contributed by atoms with E-state index in [2.05, 4.69) is 12.2 Å². The second-order valence-electron chi connectivity index (χ2n) is 9.55. The number of amides is 1. The van der Waals surface area contributed by atoms with Gasteiger partial charge in [0.25, 0.3) is 0 Å². The van der Waals surface area contributed by atoms with Gasteiger partial charge in [0.1, 0.15) is 0 Å². The number of carbonyl (C=O) groups is 2. The van der Waals surface area contributed by atoms with Crippen LogP contribution in [0.15, 0.2) is 0 Å². The first-order chi connectivity index (χ1) is 14.8. The largest absolute Gasteiger partial charge is 0.479 e. The molecule has 0 rings (SSSR count). The highest BCUT2D eigenvalue weighted by atomic mass is 16.4. The Morgan fingerprint density at radius 2 is 1.19 bits per heavy atom. The van der Waals surface area contributed by atoms with Crippen LogP contribution >= 0.6 is 0 Å². The number of hydrogen-bond donors (Lipinski definition) is 3. The van der Waals surface area contributed by atoms with Gasteiger partial charge in [-0.2, -0.15) is 0 Å². The van der Waals surface area contributed by atoms with Gasteiger partial charge in [-0.1, -0.05) is 104 Å². The van der Waals surface area contributed by atoms with E-state index in [-0.39, 0.29) is 11.8 Å². The maximum atomic E-state index is 11.9. The lowest BCUT2D eigenvalue weighted by Gasteiger charge is -2.25. The number of carbonyl (C=O) groups excluding carboxylic acids is 1. The van der Waals surface area contributed by atoms with Gasteiger partial charge in [0.2, 0.25) is 5.91 Å². The molecular weight excluding hydrogens is 390 g/mol. The van der Waals surface area contributed by atoms with Crippen LogP contribution in [-0.4, -0.2) is 34.2 Å². The summed E-state index contributed by atoms with van der Waals surface area (Å²) in [4.78, 5) is 22.9. The average Bonchev–Trinajstić information content (AvgIpc) is 2.73. The van der Waals surface area contributed by atoms with Crippen molar-refractivity contribution in [3.05, 3.63) is 0 Å². The molecule has 1 amide bonds. The van der Waals surface area contributed by atoms with Gasteiger partial charge in [-0.25, -0.2) is 4.79 Å². The highest BCUT2D eigenvalue weighted by Gasteiger charge is 2.35. The Bertz CT molecular complexity index is 451. The third-order valence-corrected chi connectivity index (χ3v) is 6.54. The zero-order valence-corrected chi connectivity index (χ0v) is 20.7. The lowest BCUT2D eigenvalue weighted by molar-refractivity contribution is -0.162. The van der Waals surface area contributed by atoms with Crippen molar-refractivity contribution in [2.75, 3.05) is 6.54 Å². The molecule has 0 heterocycles. The lowest BCUT2D eigenvalue weighted by atomic mass is 9.87. The Balaban J connectivity index is 3.37. The maximum Gasteiger partial charge on any atom is 0.335 e. The van der Waals surface area contributed by atoms with Crippen molar-refractivity contribution < 1.29 is 19.8 Å². The van der Waals surface area contributed by atoms with Crippen LogP contribution in [0.25, 0.3) is 0 Å². The number of hydrogen-bond acceptors (Lipinski definition) is 3. The van der Waals surface area contributed by atoms with Crippen molar-refractivity contribution in [3.63, 3.8) is 0 Å². The summed E-state index contributed by atoms with van der Waals surface area (Å²) in [6, 6.07) is 0. The summed E-state index contributed by atoms with van der Waals surface area (Å²) >= 11 is 0. The minimum absolute atomic E-state index is 0.0762. The quantitative estimate of drug-likeness (QED) is 0.165. The van der Waals surface area contributed by atoms with E-state index in [0.29, 0.717) is 25.8 Å². The second kappa shape index (κ2) is 19.6. The van der Waals surface area contributed by atoms with E-state index in [1.807, 2.05) is 0 Å². The maximum absolute atomic E-state index is 11.9. The van der Waals surface area contributed by atoms with Crippen LogP contribution in [0.2, 0.25) is 0 Å². The minimum Gasteiger partial charge on any atom is -0.479 e. The van der Waals surface area contributed by atoms with Crippen molar-refractivity contribution in [2.24, 2.45) is 5.92 Å². The van der Waals surface area contributed by atoms with Gasteiger partial charge in [0.05, 0.1) is 0 Å². The van der Waals surface area contributed by atoms with Crippen LogP contribution in [0.5, 0.6) is 0 Å². The predicted molar refractivity (Wildman–Crippen MR) is 129 cm³/mol. The molecule has 31 heavy (non-hydrogen) atoms. The summed E-state index contributed by atoms with van der Waals surface area (Å²) in [6.07, 6.45) is 21.6. The molecule has 2 unspecified atom stereocenters. The van der Waals surface area contributed by atoms with Gasteiger partial charge >= 0.3 is 5.97 Å². The summed E-state index contributed by atoms with van der Waals surface area (Å²) in [7, 11) is 0. The predicted octanol–water partition coefficient (Wildman–Crippen LogP) is 6.62. The third-order valence-electron chi connectivity index (χ3n) is 6.54. The monoisotopic (exact) mass is 441 g/mol. The summed E-state index contributed by atoms with van der Waals surface area (Å²) in [5.74, 6) is -1.47. The summed E-state index contributed by atoms with van der Waals surface area (Å²) < 4.78 is 0. The molecule has 5 heteroatoms. The summed E-state index contributed by atoms with van der Waals surface area (Å²) in [6.45, 7) is 5.86. The Morgan fingerprint density at radius 1 is 0.774 bits per heavy atom. The van der Waals surface area contributed by atoms with Gasteiger partial charge in [-0.05, 0) is 32.1 Å². The van der Waals surface area contributed by atoms with Crippen molar-refractivity contribution in [1.82, 2.24) is 5.32 Å². The molecule has 0 aliphatic rings. The molecule has 0 radical (unpaired) electrons. The van der Waals surface area contributed by atoms with Crippen LogP contribution in [0, 0.1) is 5.92 Å². The second-order valence-corrected chi connectivity index (χ2v) is 9.55. The average molecular weight is 442 g/mol. The fraction of sp³-hybridized carbons (Fsp3) is 0.923. The number of rotatable bonds is 22. The molecule has 0 aromatic carbocycles. The number of carboxylic acid groups (broad SMARTS) is 1. The number of carboxylic acids is 1. The SMILES string of the molecule is CCCCCCCCCCCCCCCCCC(=O)NCCCC(C)C(C)(O)C(=O)O. The molecule has 0 spiro atoms. The lowest BCUT2D eigenvalue weighted by Crippen LogP contribution is -2.41. The van der Waals surface area contributed by atoms with E-state index in [9.17, 15) is 14.7 Å². The zero-order valence-electron chi connectivity index (χ0n) is 20.7. The zero-order chi connectivity index (χ0) is 23.4. The summed E-state index contributed by atoms with van der Waals surface area (Å²) in [5, 5.41) is 21.8. The van der Waals surface area contributed by atoms with E-state index in [1.165, 1.54) is 90.4 Å². The highest BCUT2D eigenvalue weighted by molar-refractivity contribution is 5.77. The van der Waals surface area contributed by atoms with Gasteiger partial charge in [0.15, 0.2) is 5.60 Å². The Labute approximate surface area is 191 Å². The first-order valence-electron chi connectivity index (χ1n) is 13.0. The van der Waals surface area contributed by atoms with Crippen molar-refractivity contribution >= 4 is 11.9 Å². The highest BCUT2D eigenvalue weighted by Crippen LogP contribution is 2.21. The standard InChI is InChI=1S/C26H51NO4/c1-4-5-6-7-8-9-10-11-12-13-14-15-16-17-18-21-24(28)27-22-19-20-23(2)26(3,31)25(29)30/h23,31H,4-22H2,1-3H3,(H,27,28)(H,29,30). The van der Waals surface area contributed by atoms with Crippen LogP contribution in [0.1, 0.15) is 136 Å². The van der Waals surface area contributed by atoms with Gasteiger partial charge in [-0.15, -0.1) is 0 Å². The molecule has 0 fully saturated rings. The van der Waals surface area contributed by atoms with Crippen LogP contribution in [0.4, 0.5) is 0 Å². The molecule has 0 aliphatic carbocycles.